The molecule has 1 aliphatic rings. The molecule has 0 aromatic heterocycles. The Morgan fingerprint density at radius 3 is 2.52 bits per heavy atom. The van der Waals surface area contributed by atoms with Crippen LogP contribution in [0.5, 0.6) is 17.2 Å². The summed E-state index contributed by atoms with van der Waals surface area (Å²) < 4.78 is 21.9. The fourth-order valence-corrected chi connectivity index (χ4v) is 6.21. The Morgan fingerprint density at radius 1 is 1.12 bits per heavy atom. The number of carbonyl (C=O) groups excluding carboxylic acids is 2. The summed E-state index contributed by atoms with van der Waals surface area (Å²) in [5, 5.41) is 3.95. The number of hydrogen-bond acceptors (Lipinski definition) is 9. The maximum atomic E-state index is 12.1. The SMILES string of the molecule is COC(=O)COc1c(Br)cc(/C=N\NC(=O)COc2ccc(C3SCCS3)cc2)cc1OC. The van der Waals surface area contributed by atoms with E-state index in [9.17, 15) is 9.59 Å². The number of hydrogen-bond donors (Lipinski definition) is 1. The lowest BCUT2D eigenvalue weighted by Crippen LogP contribution is -2.24. The van der Waals surface area contributed by atoms with Gasteiger partial charge >= 0.3 is 5.97 Å². The lowest BCUT2D eigenvalue weighted by molar-refractivity contribution is -0.143. The number of amides is 1. The minimum atomic E-state index is -0.512. The Labute approximate surface area is 208 Å². The first-order valence-corrected chi connectivity index (χ1v) is 12.7. The smallest absolute Gasteiger partial charge is 0.343 e. The second-order valence-electron chi connectivity index (χ2n) is 6.62. The molecule has 1 amide bonds. The van der Waals surface area contributed by atoms with Crippen LogP contribution in [0.3, 0.4) is 0 Å². The predicted octanol–water partition coefficient (Wildman–Crippen LogP) is 4.02. The van der Waals surface area contributed by atoms with Crippen LogP contribution >= 0.6 is 39.5 Å². The molecule has 0 saturated carbocycles. The van der Waals surface area contributed by atoms with E-state index in [4.69, 9.17) is 14.2 Å². The van der Waals surface area contributed by atoms with E-state index < -0.39 is 5.97 Å². The van der Waals surface area contributed by atoms with Gasteiger partial charge in [-0.1, -0.05) is 12.1 Å². The predicted molar refractivity (Wildman–Crippen MR) is 134 cm³/mol. The maximum absolute atomic E-state index is 12.1. The minimum absolute atomic E-state index is 0.156. The van der Waals surface area contributed by atoms with Crippen LogP contribution in [0, 0.1) is 0 Å². The number of benzene rings is 2. The van der Waals surface area contributed by atoms with Gasteiger partial charge < -0.3 is 18.9 Å². The number of methoxy groups -OCH3 is 2. The van der Waals surface area contributed by atoms with Gasteiger partial charge in [0.1, 0.15) is 5.75 Å². The number of esters is 1. The minimum Gasteiger partial charge on any atom is -0.493 e. The summed E-state index contributed by atoms with van der Waals surface area (Å²) in [4.78, 5) is 23.4. The van der Waals surface area contributed by atoms with Crippen LogP contribution in [-0.2, 0) is 14.3 Å². The Balaban J connectivity index is 1.50. The van der Waals surface area contributed by atoms with Gasteiger partial charge in [-0.25, -0.2) is 10.2 Å². The lowest BCUT2D eigenvalue weighted by atomic mass is 10.2. The molecule has 2 aromatic rings. The molecule has 1 heterocycles. The first kappa shape index (κ1) is 25.3. The summed E-state index contributed by atoms with van der Waals surface area (Å²) in [6, 6.07) is 11.2. The van der Waals surface area contributed by atoms with Crippen LogP contribution in [0.2, 0.25) is 0 Å². The highest BCUT2D eigenvalue weighted by atomic mass is 79.9. The fourth-order valence-electron chi connectivity index (χ4n) is 2.78. The molecule has 1 N–H and O–H groups in total. The first-order chi connectivity index (χ1) is 16.0. The van der Waals surface area contributed by atoms with Crippen molar-refractivity contribution in [2.24, 2.45) is 5.10 Å². The van der Waals surface area contributed by atoms with E-state index in [0.29, 0.717) is 31.9 Å². The molecule has 1 aliphatic heterocycles. The van der Waals surface area contributed by atoms with Crippen molar-refractivity contribution in [1.82, 2.24) is 5.43 Å². The van der Waals surface area contributed by atoms with E-state index >= 15 is 0 Å². The second-order valence-corrected chi connectivity index (χ2v) is 10.2. The number of rotatable bonds is 10. The highest BCUT2D eigenvalue weighted by molar-refractivity contribution is 9.10. The molecule has 0 unspecified atom stereocenters. The number of carbonyl (C=O) groups is 2. The van der Waals surface area contributed by atoms with Crippen molar-refractivity contribution in [1.29, 1.82) is 0 Å². The molecule has 2 aromatic carbocycles. The van der Waals surface area contributed by atoms with Crippen molar-refractivity contribution in [3.63, 3.8) is 0 Å². The Hall–Kier alpha value is -2.37. The zero-order valence-corrected chi connectivity index (χ0v) is 21.3. The number of thioether (sulfide) groups is 2. The monoisotopic (exact) mass is 554 g/mol. The largest absolute Gasteiger partial charge is 0.493 e. The van der Waals surface area contributed by atoms with E-state index in [1.54, 1.807) is 12.1 Å². The van der Waals surface area contributed by atoms with Gasteiger partial charge in [0, 0.05) is 11.5 Å². The Bertz CT molecular complexity index is 997. The molecule has 0 bridgehead atoms. The van der Waals surface area contributed by atoms with E-state index in [0.717, 1.165) is 0 Å². The number of nitrogens with one attached hydrogen (secondary N) is 1. The number of halogens is 1. The van der Waals surface area contributed by atoms with Gasteiger partial charge in [0.05, 0.1) is 29.5 Å². The molecule has 1 fully saturated rings. The van der Waals surface area contributed by atoms with E-state index in [-0.39, 0.29) is 19.1 Å². The molecule has 0 aliphatic carbocycles. The molecule has 3 rings (SSSR count). The molecule has 0 spiro atoms. The van der Waals surface area contributed by atoms with E-state index in [2.05, 4.69) is 31.2 Å². The maximum Gasteiger partial charge on any atom is 0.343 e. The summed E-state index contributed by atoms with van der Waals surface area (Å²) >= 11 is 7.26. The third kappa shape index (κ3) is 7.58. The molecular formula is C22H23BrN2O6S2. The van der Waals surface area contributed by atoms with Crippen LogP contribution in [0.25, 0.3) is 0 Å². The van der Waals surface area contributed by atoms with Crippen molar-refractivity contribution < 1.29 is 28.5 Å². The van der Waals surface area contributed by atoms with Crippen LogP contribution < -0.4 is 19.6 Å². The highest BCUT2D eigenvalue weighted by Gasteiger charge is 2.18. The van der Waals surface area contributed by atoms with Crippen LogP contribution in [-0.4, -0.2) is 57.0 Å². The summed E-state index contributed by atoms with van der Waals surface area (Å²) in [6.07, 6.45) is 1.46. The second kappa shape index (κ2) is 12.8. The number of hydrazone groups is 1. The molecule has 11 heteroatoms. The third-order valence-corrected chi connectivity index (χ3v) is 8.05. The van der Waals surface area contributed by atoms with Crippen LogP contribution in [0.4, 0.5) is 0 Å². The molecule has 33 heavy (non-hydrogen) atoms. The van der Waals surface area contributed by atoms with Gasteiger partial charge in [-0.3, -0.25) is 4.79 Å². The average Bonchev–Trinajstić information content (AvgIpc) is 3.37. The molecule has 0 atom stereocenters. The average molecular weight is 555 g/mol. The number of ether oxygens (including phenoxy) is 4. The van der Waals surface area contributed by atoms with Gasteiger partial charge in [-0.05, 0) is 51.3 Å². The summed E-state index contributed by atoms with van der Waals surface area (Å²) in [5.41, 5.74) is 4.33. The topological polar surface area (TPSA) is 95.5 Å². The van der Waals surface area contributed by atoms with Crippen molar-refractivity contribution in [2.45, 2.75) is 4.58 Å². The van der Waals surface area contributed by atoms with Crippen molar-refractivity contribution in [2.75, 3.05) is 38.9 Å². The van der Waals surface area contributed by atoms with E-state index in [1.165, 1.54) is 37.5 Å². The first-order valence-electron chi connectivity index (χ1n) is 9.85. The van der Waals surface area contributed by atoms with Gasteiger partial charge in [0.2, 0.25) is 0 Å². The van der Waals surface area contributed by atoms with E-state index in [1.807, 2.05) is 47.8 Å². The molecule has 0 radical (unpaired) electrons. The van der Waals surface area contributed by atoms with Crippen molar-refractivity contribution in [3.05, 3.63) is 52.0 Å². The van der Waals surface area contributed by atoms with Crippen molar-refractivity contribution in [3.8, 4) is 17.2 Å². The summed E-state index contributed by atoms with van der Waals surface area (Å²) in [6.45, 7) is -0.410. The Kier molecular flexibility index (Phi) is 9.76. The Morgan fingerprint density at radius 2 is 1.85 bits per heavy atom. The normalized spacial score (nSPS) is 13.7. The third-order valence-electron chi connectivity index (χ3n) is 4.36. The molecular weight excluding hydrogens is 532 g/mol. The molecule has 176 valence electrons. The highest BCUT2D eigenvalue weighted by Crippen LogP contribution is 2.45. The van der Waals surface area contributed by atoms with Gasteiger partial charge in [-0.2, -0.15) is 5.10 Å². The van der Waals surface area contributed by atoms with Crippen LogP contribution in [0.1, 0.15) is 15.7 Å². The standard InChI is InChI=1S/C22H23BrN2O6S2/c1-28-18-10-14(9-17(23)21(18)31-13-20(27)29-2)11-24-25-19(26)12-30-16-5-3-15(4-6-16)22-32-7-8-33-22/h3-6,9-11,22H,7-8,12-13H2,1-2H3,(H,25,26)/b24-11-. The van der Waals surface area contributed by atoms with Crippen LogP contribution in [0.15, 0.2) is 46.0 Å². The van der Waals surface area contributed by atoms with Gasteiger partial charge in [-0.15, -0.1) is 23.5 Å². The quantitative estimate of drug-likeness (QED) is 0.267. The molecule has 8 nitrogen and oxygen atoms in total. The summed E-state index contributed by atoms with van der Waals surface area (Å²) in [7, 11) is 2.76. The fraction of sp³-hybridized carbons (Fsp3) is 0.318. The number of nitrogens with zero attached hydrogens (tertiary/aromatic N) is 1. The van der Waals surface area contributed by atoms with Crippen molar-refractivity contribution >= 4 is 57.5 Å². The zero-order valence-electron chi connectivity index (χ0n) is 18.0. The van der Waals surface area contributed by atoms with Gasteiger partial charge in [0.15, 0.2) is 24.7 Å². The lowest BCUT2D eigenvalue weighted by Gasteiger charge is -2.12. The summed E-state index contributed by atoms with van der Waals surface area (Å²) in [5.74, 6) is 2.82. The molecule has 1 saturated heterocycles. The zero-order chi connectivity index (χ0) is 23.6. The van der Waals surface area contributed by atoms with Gasteiger partial charge in [0.25, 0.3) is 5.91 Å².